The van der Waals surface area contributed by atoms with E-state index in [1.807, 2.05) is 0 Å². The number of halogens is 3. The predicted molar refractivity (Wildman–Crippen MR) is 110 cm³/mol. The fourth-order valence-corrected chi connectivity index (χ4v) is 3.00. The average molecular weight is 417 g/mol. The number of aryl methyl sites for hydroxylation is 1. The number of rotatable bonds is 4. The molecule has 1 heterocycles. The molecule has 158 valence electrons. The molecule has 0 aliphatic heterocycles. The second kappa shape index (κ2) is 7.93. The molecule has 2 N–H and O–H groups in total. The van der Waals surface area contributed by atoms with Crippen molar-refractivity contribution in [2.45, 2.75) is 39.8 Å². The van der Waals surface area contributed by atoms with E-state index >= 15 is 0 Å². The number of nitrogens with one attached hydrogen (secondary N) is 2. The molecule has 5 nitrogen and oxygen atoms in total. The van der Waals surface area contributed by atoms with Crippen LogP contribution in [0.25, 0.3) is 10.8 Å². The molecule has 0 aliphatic rings. The topological polar surface area (TPSA) is 74.8 Å². The first-order chi connectivity index (χ1) is 13.9. The highest BCUT2D eigenvalue weighted by atomic mass is 19.4. The van der Waals surface area contributed by atoms with E-state index in [0.29, 0.717) is 22.9 Å². The Bertz CT molecular complexity index is 1130. The molecule has 1 aromatic heterocycles. The molecular weight excluding hydrogens is 395 g/mol. The van der Waals surface area contributed by atoms with E-state index in [-0.39, 0.29) is 16.5 Å². The van der Waals surface area contributed by atoms with Gasteiger partial charge in [0.2, 0.25) is 0 Å². The van der Waals surface area contributed by atoms with Crippen molar-refractivity contribution in [3.8, 4) is 0 Å². The average Bonchev–Trinajstić information content (AvgIpc) is 2.66. The van der Waals surface area contributed by atoms with Gasteiger partial charge in [-0.15, -0.1) is 0 Å². The summed E-state index contributed by atoms with van der Waals surface area (Å²) in [7, 11) is 0. The molecular formula is C22H22F3N3O2. The fourth-order valence-electron chi connectivity index (χ4n) is 3.00. The minimum Gasteiger partial charge on any atom is -0.322 e. The van der Waals surface area contributed by atoms with Crippen LogP contribution in [0, 0.1) is 5.41 Å². The monoisotopic (exact) mass is 417 g/mol. The molecule has 0 aliphatic carbocycles. The lowest BCUT2D eigenvalue weighted by Crippen LogP contribution is -2.15. The predicted octanol–water partition coefficient (Wildman–Crippen LogP) is 5.17. The number of amides is 1. The number of benzene rings is 2. The molecule has 0 radical (unpaired) electrons. The van der Waals surface area contributed by atoms with Gasteiger partial charge in [-0.1, -0.05) is 26.8 Å². The molecule has 0 atom stereocenters. The SMILES string of the molecule is CC(C)(C)CCc1n[nH]c(=O)c2cc(NC(=O)c3ccc(C(F)(F)F)cc3)ccc12. The lowest BCUT2D eigenvalue weighted by molar-refractivity contribution is -0.137. The number of fused-ring (bicyclic) bond motifs is 1. The summed E-state index contributed by atoms with van der Waals surface area (Å²) in [5.74, 6) is -0.568. The van der Waals surface area contributed by atoms with Crippen LogP contribution in [0.1, 0.15) is 48.8 Å². The Labute approximate surface area is 171 Å². The van der Waals surface area contributed by atoms with Crippen LogP contribution < -0.4 is 10.9 Å². The van der Waals surface area contributed by atoms with Gasteiger partial charge in [-0.3, -0.25) is 9.59 Å². The van der Waals surface area contributed by atoms with Crippen LogP contribution in [0.4, 0.5) is 18.9 Å². The first kappa shape index (κ1) is 21.5. The molecule has 0 spiro atoms. The van der Waals surface area contributed by atoms with Crippen molar-refractivity contribution < 1.29 is 18.0 Å². The molecule has 3 rings (SSSR count). The molecule has 1 amide bonds. The van der Waals surface area contributed by atoms with E-state index in [1.165, 1.54) is 0 Å². The van der Waals surface area contributed by atoms with Gasteiger partial charge in [0.15, 0.2) is 0 Å². The second-order valence-electron chi connectivity index (χ2n) is 8.35. The Morgan fingerprint density at radius 1 is 1.03 bits per heavy atom. The van der Waals surface area contributed by atoms with Crippen LogP contribution in [0.15, 0.2) is 47.3 Å². The Morgan fingerprint density at radius 3 is 2.30 bits per heavy atom. The third-order valence-electron chi connectivity index (χ3n) is 4.71. The van der Waals surface area contributed by atoms with Gasteiger partial charge < -0.3 is 5.32 Å². The van der Waals surface area contributed by atoms with Gasteiger partial charge in [-0.2, -0.15) is 18.3 Å². The molecule has 0 bridgehead atoms. The van der Waals surface area contributed by atoms with Gasteiger partial charge in [0, 0.05) is 16.6 Å². The highest BCUT2D eigenvalue weighted by Crippen LogP contribution is 2.29. The summed E-state index contributed by atoms with van der Waals surface area (Å²) in [6.45, 7) is 6.36. The maximum Gasteiger partial charge on any atom is 0.416 e. The van der Waals surface area contributed by atoms with Crippen LogP contribution in [0.5, 0.6) is 0 Å². The van der Waals surface area contributed by atoms with Crippen molar-refractivity contribution in [1.82, 2.24) is 10.2 Å². The minimum atomic E-state index is -4.47. The molecule has 0 fully saturated rings. The summed E-state index contributed by atoms with van der Waals surface area (Å²) in [6.07, 6.45) is -2.89. The number of hydrogen-bond acceptors (Lipinski definition) is 3. The van der Waals surface area contributed by atoms with Gasteiger partial charge in [0.1, 0.15) is 0 Å². The number of carbonyl (C=O) groups is 1. The summed E-state index contributed by atoms with van der Waals surface area (Å²) in [5.41, 5.74) is 0.116. The van der Waals surface area contributed by atoms with Crippen LogP contribution in [-0.2, 0) is 12.6 Å². The van der Waals surface area contributed by atoms with E-state index in [2.05, 4.69) is 36.3 Å². The lowest BCUT2D eigenvalue weighted by Gasteiger charge is -2.17. The van der Waals surface area contributed by atoms with E-state index in [0.717, 1.165) is 36.4 Å². The van der Waals surface area contributed by atoms with Crippen LogP contribution in [0.3, 0.4) is 0 Å². The van der Waals surface area contributed by atoms with E-state index < -0.39 is 17.6 Å². The Balaban J connectivity index is 1.84. The van der Waals surface area contributed by atoms with Crippen molar-refractivity contribution in [2.24, 2.45) is 5.41 Å². The second-order valence-corrected chi connectivity index (χ2v) is 8.35. The summed E-state index contributed by atoms with van der Waals surface area (Å²) < 4.78 is 38.0. The normalized spacial score (nSPS) is 12.2. The van der Waals surface area contributed by atoms with Gasteiger partial charge >= 0.3 is 6.18 Å². The summed E-state index contributed by atoms with van der Waals surface area (Å²) in [6, 6.07) is 8.84. The molecule has 0 unspecified atom stereocenters. The standard InChI is InChI=1S/C22H22F3N3O2/c1-21(2,3)11-10-18-16-9-8-15(12-17(16)20(30)28-27-18)26-19(29)13-4-6-14(7-5-13)22(23,24)25/h4-9,12H,10-11H2,1-3H3,(H,26,29)(H,28,30). The Hall–Kier alpha value is -3.16. The van der Waals surface area contributed by atoms with E-state index in [9.17, 15) is 22.8 Å². The van der Waals surface area contributed by atoms with Gasteiger partial charge in [0.05, 0.1) is 16.6 Å². The van der Waals surface area contributed by atoms with Gasteiger partial charge in [0.25, 0.3) is 11.5 Å². The van der Waals surface area contributed by atoms with Crippen molar-refractivity contribution in [1.29, 1.82) is 0 Å². The minimum absolute atomic E-state index is 0.0811. The van der Waals surface area contributed by atoms with Crippen LogP contribution in [0.2, 0.25) is 0 Å². The molecule has 3 aromatic rings. The zero-order chi connectivity index (χ0) is 22.1. The zero-order valence-electron chi connectivity index (χ0n) is 16.9. The van der Waals surface area contributed by atoms with E-state index in [1.54, 1.807) is 18.2 Å². The number of alkyl halides is 3. The number of H-pyrrole nitrogens is 1. The first-order valence-electron chi connectivity index (χ1n) is 9.44. The van der Waals surface area contributed by atoms with Crippen molar-refractivity contribution in [3.05, 3.63) is 69.6 Å². The molecule has 8 heteroatoms. The smallest absolute Gasteiger partial charge is 0.322 e. The fraction of sp³-hybridized carbons (Fsp3) is 0.318. The quantitative estimate of drug-likeness (QED) is 0.615. The lowest BCUT2D eigenvalue weighted by atomic mass is 9.89. The number of carbonyl (C=O) groups excluding carboxylic acids is 1. The number of aromatic amines is 1. The van der Waals surface area contributed by atoms with Crippen molar-refractivity contribution in [2.75, 3.05) is 5.32 Å². The third kappa shape index (κ3) is 5.06. The number of nitrogens with zero attached hydrogens (tertiary/aromatic N) is 1. The largest absolute Gasteiger partial charge is 0.416 e. The van der Waals surface area contributed by atoms with Crippen molar-refractivity contribution in [3.63, 3.8) is 0 Å². The Morgan fingerprint density at radius 2 is 1.70 bits per heavy atom. The zero-order valence-corrected chi connectivity index (χ0v) is 16.9. The van der Waals surface area contributed by atoms with Crippen LogP contribution in [-0.4, -0.2) is 16.1 Å². The van der Waals surface area contributed by atoms with E-state index in [4.69, 9.17) is 0 Å². The highest BCUT2D eigenvalue weighted by Gasteiger charge is 2.30. The van der Waals surface area contributed by atoms with Gasteiger partial charge in [-0.25, -0.2) is 5.10 Å². The number of anilines is 1. The summed E-state index contributed by atoms with van der Waals surface area (Å²) >= 11 is 0. The maximum atomic E-state index is 12.7. The van der Waals surface area contributed by atoms with Crippen molar-refractivity contribution >= 4 is 22.4 Å². The Kier molecular flexibility index (Phi) is 5.70. The highest BCUT2D eigenvalue weighted by molar-refractivity contribution is 6.05. The number of aromatic nitrogens is 2. The molecule has 0 saturated heterocycles. The third-order valence-corrected chi connectivity index (χ3v) is 4.71. The molecule has 2 aromatic carbocycles. The van der Waals surface area contributed by atoms with Crippen LogP contribution >= 0.6 is 0 Å². The molecule has 30 heavy (non-hydrogen) atoms. The number of hydrogen-bond donors (Lipinski definition) is 2. The maximum absolute atomic E-state index is 12.7. The van der Waals surface area contributed by atoms with Gasteiger partial charge in [-0.05, 0) is 54.7 Å². The first-order valence-corrected chi connectivity index (χ1v) is 9.44. The summed E-state index contributed by atoms with van der Waals surface area (Å²) in [4.78, 5) is 24.6. The molecule has 0 saturated carbocycles. The summed E-state index contributed by atoms with van der Waals surface area (Å²) in [5, 5.41) is 10.4.